The molecular formula is C10H9ClN2OS. The molecule has 0 atom stereocenters. The smallest absolute Gasteiger partial charge is 0.169 e. The fourth-order valence-corrected chi connectivity index (χ4v) is 2.17. The Morgan fingerprint density at radius 2 is 2.47 bits per heavy atom. The third-order valence-electron chi connectivity index (χ3n) is 2.00. The SMILES string of the molecule is Cn1ccc(CC(=O)c2csc(Cl)c2)n1. The number of aryl methyl sites for hydroxylation is 1. The summed E-state index contributed by atoms with van der Waals surface area (Å²) in [6, 6.07) is 3.53. The highest BCUT2D eigenvalue weighted by atomic mass is 35.5. The van der Waals surface area contributed by atoms with Crippen molar-refractivity contribution in [3.8, 4) is 0 Å². The third-order valence-corrected chi connectivity index (χ3v) is 3.09. The first-order valence-electron chi connectivity index (χ1n) is 4.41. The summed E-state index contributed by atoms with van der Waals surface area (Å²) in [4.78, 5) is 11.7. The molecule has 0 aliphatic carbocycles. The molecule has 78 valence electrons. The van der Waals surface area contributed by atoms with Gasteiger partial charge in [-0.3, -0.25) is 9.48 Å². The predicted molar refractivity (Wildman–Crippen MR) is 60.6 cm³/mol. The van der Waals surface area contributed by atoms with E-state index in [1.165, 1.54) is 11.3 Å². The number of carbonyl (C=O) groups excluding carboxylic acids is 1. The molecule has 0 aromatic carbocycles. The average molecular weight is 241 g/mol. The van der Waals surface area contributed by atoms with Crippen molar-refractivity contribution in [2.24, 2.45) is 7.05 Å². The standard InChI is InChI=1S/C10H9ClN2OS/c1-13-3-2-8(12-13)5-9(14)7-4-10(11)15-6-7/h2-4,6H,5H2,1H3. The van der Waals surface area contributed by atoms with E-state index in [-0.39, 0.29) is 5.78 Å². The molecule has 0 saturated carbocycles. The second-order valence-corrected chi connectivity index (χ2v) is 4.76. The van der Waals surface area contributed by atoms with Gasteiger partial charge in [0.05, 0.1) is 16.5 Å². The fourth-order valence-electron chi connectivity index (χ4n) is 1.28. The van der Waals surface area contributed by atoms with Crippen LogP contribution < -0.4 is 0 Å². The van der Waals surface area contributed by atoms with Crippen molar-refractivity contribution in [2.75, 3.05) is 0 Å². The molecule has 0 bridgehead atoms. The van der Waals surface area contributed by atoms with Crippen LogP contribution in [0.15, 0.2) is 23.7 Å². The van der Waals surface area contributed by atoms with Crippen LogP contribution in [-0.4, -0.2) is 15.6 Å². The minimum absolute atomic E-state index is 0.0526. The highest BCUT2D eigenvalue weighted by Crippen LogP contribution is 2.20. The second kappa shape index (κ2) is 4.16. The number of ketones is 1. The molecule has 0 amide bonds. The van der Waals surface area contributed by atoms with Crippen LogP contribution >= 0.6 is 22.9 Å². The normalized spacial score (nSPS) is 10.5. The largest absolute Gasteiger partial charge is 0.294 e. The maximum absolute atomic E-state index is 11.7. The molecule has 0 saturated heterocycles. The number of carbonyl (C=O) groups is 1. The lowest BCUT2D eigenvalue weighted by atomic mass is 10.1. The van der Waals surface area contributed by atoms with Gasteiger partial charge in [0.2, 0.25) is 0 Å². The van der Waals surface area contributed by atoms with E-state index in [2.05, 4.69) is 5.10 Å². The average Bonchev–Trinajstić information content (AvgIpc) is 2.75. The first kappa shape index (κ1) is 10.4. The van der Waals surface area contributed by atoms with Crippen molar-refractivity contribution in [3.05, 3.63) is 39.3 Å². The number of Topliss-reactive ketones (excluding diaryl/α,β-unsaturated/α-hetero) is 1. The van der Waals surface area contributed by atoms with Gasteiger partial charge in [-0.25, -0.2) is 0 Å². The van der Waals surface area contributed by atoms with Crippen molar-refractivity contribution >= 4 is 28.7 Å². The minimum atomic E-state index is 0.0526. The zero-order valence-electron chi connectivity index (χ0n) is 8.11. The van der Waals surface area contributed by atoms with Gasteiger partial charge < -0.3 is 0 Å². The van der Waals surface area contributed by atoms with Crippen molar-refractivity contribution in [3.63, 3.8) is 0 Å². The van der Waals surface area contributed by atoms with Crippen LogP contribution in [0.3, 0.4) is 0 Å². The van der Waals surface area contributed by atoms with Gasteiger partial charge in [0.15, 0.2) is 5.78 Å². The Kier molecular flexibility index (Phi) is 2.88. The number of nitrogens with zero attached hydrogens (tertiary/aromatic N) is 2. The van der Waals surface area contributed by atoms with Gasteiger partial charge in [-0.15, -0.1) is 11.3 Å². The molecule has 0 unspecified atom stereocenters. The van der Waals surface area contributed by atoms with Crippen LogP contribution in [0.25, 0.3) is 0 Å². The van der Waals surface area contributed by atoms with E-state index in [4.69, 9.17) is 11.6 Å². The van der Waals surface area contributed by atoms with E-state index in [0.717, 1.165) is 5.69 Å². The molecule has 0 spiro atoms. The third kappa shape index (κ3) is 2.46. The Balaban J connectivity index is 2.10. The zero-order chi connectivity index (χ0) is 10.8. The highest BCUT2D eigenvalue weighted by molar-refractivity contribution is 7.14. The number of hydrogen-bond acceptors (Lipinski definition) is 3. The molecule has 2 rings (SSSR count). The lowest BCUT2D eigenvalue weighted by molar-refractivity contribution is 0.0992. The number of thiophene rings is 1. The van der Waals surface area contributed by atoms with Crippen LogP contribution in [0, 0.1) is 0 Å². The van der Waals surface area contributed by atoms with Gasteiger partial charge in [0.1, 0.15) is 0 Å². The summed E-state index contributed by atoms with van der Waals surface area (Å²) in [5.74, 6) is 0.0526. The van der Waals surface area contributed by atoms with E-state index in [1.807, 2.05) is 19.3 Å². The van der Waals surface area contributed by atoms with E-state index in [1.54, 1.807) is 16.1 Å². The Labute approximate surface area is 96.3 Å². The summed E-state index contributed by atoms with van der Waals surface area (Å²) in [6.07, 6.45) is 2.15. The molecule has 0 aliphatic heterocycles. The van der Waals surface area contributed by atoms with Crippen LogP contribution in [0.4, 0.5) is 0 Å². The molecule has 0 N–H and O–H groups in total. The maximum Gasteiger partial charge on any atom is 0.169 e. The molecule has 5 heteroatoms. The van der Waals surface area contributed by atoms with E-state index in [9.17, 15) is 4.79 Å². The molecule has 3 nitrogen and oxygen atoms in total. The molecule has 0 aliphatic rings. The molecule has 2 heterocycles. The molecular weight excluding hydrogens is 232 g/mol. The second-order valence-electron chi connectivity index (χ2n) is 3.22. The Bertz CT molecular complexity index is 489. The summed E-state index contributed by atoms with van der Waals surface area (Å²) in [5, 5.41) is 5.92. The maximum atomic E-state index is 11.7. The van der Waals surface area contributed by atoms with Crippen LogP contribution in [0.5, 0.6) is 0 Å². The first-order valence-corrected chi connectivity index (χ1v) is 5.66. The highest BCUT2D eigenvalue weighted by Gasteiger charge is 2.10. The molecule has 2 aromatic rings. The van der Waals surface area contributed by atoms with E-state index in [0.29, 0.717) is 16.3 Å². The molecule has 2 aromatic heterocycles. The first-order chi connectivity index (χ1) is 7.15. The topological polar surface area (TPSA) is 34.9 Å². The van der Waals surface area contributed by atoms with Gasteiger partial charge in [-0.2, -0.15) is 5.10 Å². The summed E-state index contributed by atoms with van der Waals surface area (Å²) < 4.78 is 2.32. The summed E-state index contributed by atoms with van der Waals surface area (Å²) in [6.45, 7) is 0. The number of aromatic nitrogens is 2. The quantitative estimate of drug-likeness (QED) is 0.773. The van der Waals surface area contributed by atoms with Gasteiger partial charge in [-0.1, -0.05) is 11.6 Å². The monoisotopic (exact) mass is 240 g/mol. The fraction of sp³-hybridized carbons (Fsp3) is 0.200. The number of rotatable bonds is 3. The van der Waals surface area contributed by atoms with Gasteiger partial charge >= 0.3 is 0 Å². The van der Waals surface area contributed by atoms with Gasteiger partial charge in [-0.05, 0) is 12.1 Å². The van der Waals surface area contributed by atoms with Crippen LogP contribution in [-0.2, 0) is 13.5 Å². The lowest BCUT2D eigenvalue weighted by Crippen LogP contribution is -2.03. The summed E-state index contributed by atoms with van der Waals surface area (Å²) in [5.41, 5.74) is 1.44. The number of halogens is 1. The molecule has 0 radical (unpaired) electrons. The minimum Gasteiger partial charge on any atom is -0.294 e. The Morgan fingerprint density at radius 3 is 3.00 bits per heavy atom. The molecule has 0 fully saturated rings. The lowest BCUT2D eigenvalue weighted by Gasteiger charge is -1.93. The predicted octanol–water partition coefficient (Wildman–Crippen LogP) is 2.56. The van der Waals surface area contributed by atoms with Crippen LogP contribution in [0.1, 0.15) is 16.1 Å². The van der Waals surface area contributed by atoms with Crippen molar-refractivity contribution in [1.82, 2.24) is 9.78 Å². The summed E-state index contributed by atoms with van der Waals surface area (Å²) in [7, 11) is 1.83. The van der Waals surface area contributed by atoms with Gasteiger partial charge in [0, 0.05) is 24.2 Å². The van der Waals surface area contributed by atoms with E-state index < -0.39 is 0 Å². The van der Waals surface area contributed by atoms with Crippen molar-refractivity contribution in [2.45, 2.75) is 6.42 Å². The Morgan fingerprint density at radius 1 is 1.67 bits per heavy atom. The van der Waals surface area contributed by atoms with Crippen LogP contribution in [0.2, 0.25) is 4.34 Å². The Hall–Kier alpha value is -1.13. The van der Waals surface area contributed by atoms with E-state index >= 15 is 0 Å². The zero-order valence-corrected chi connectivity index (χ0v) is 9.68. The number of hydrogen-bond donors (Lipinski definition) is 0. The van der Waals surface area contributed by atoms with Crippen molar-refractivity contribution in [1.29, 1.82) is 0 Å². The summed E-state index contributed by atoms with van der Waals surface area (Å²) >= 11 is 7.13. The van der Waals surface area contributed by atoms with Gasteiger partial charge in [0.25, 0.3) is 0 Å². The molecule has 15 heavy (non-hydrogen) atoms. The van der Waals surface area contributed by atoms with Crippen molar-refractivity contribution < 1.29 is 4.79 Å².